The summed E-state index contributed by atoms with van der Waals surface area (Å²) in [7, 11) is -0.770. The molecule has 2 aromatic rings. The van der Waals surface area contributed by atoms with E-state index >= 15 is 0 Å². The maximum absolute atomic E-state index is 13.1. The van der Waals surface area contributed by atoms with Crippen molar-refractivity contribution in [2.24, 2.45) is 5.10 Å². The van der Waals surface area contributed by atoms with E-state index in [4.69, 9.17) is 9.47 Å². The Bertz CT molecular complexity index is 1010. The minimum Gasteiger partial charge on any atom is -0.493 e. The number of carbonyl (C=O) groups is 1. The third kappa shape index (κ3) is 6.16. The van der Waals surface area contributed by atoms with Crippen LogP contribution in [0, 0.1) is 5.82 Å². The molecule has 0 spiro atoms. The number of hydrogen-bond acceptors (Lipinski definition) is 6. The lowest BCUT2D eigenvalue weighted by atomic mass is 10.2. The quantitative estimate of drug-likeness (QED) is 0.455. The van der Waals surface area contributed by atoms with Crippen LogP contribution in [-0.2, 0) is 14.8 Å². The van der Waals surface area contributed by atoms with Gasteiger partial charge in [-0.05, 0) is 57.9 Å². The van der Waals surface area contributed by atoms with Crippen LogP contribution in [0.3, 0.4) is 0 Å². The summed E-state index contributed by atoms with van der Waals surface area (Å²) >= 11 is 3.35. The van der Waals surface area contributed by atoms with Gasteiger partial charge in [-0.2, -0.15) is 5.10 Å². The van der Waals surface area contributed by atoms with Crippen LogP contribution in [0.15, 0.2) is 46.0 Å². The summed E-state index contributed by atoms with van der Waals surface area (Å²) in [4.78, 5) is 12.2. The van der Waals surface area contributed by atoms with Gasteiger partial charge in [0.25, 0.3) is 5.91 Å². The Labute approximate surface area is 176 Å². The number of amides is 1. The van der Waals surface area contributed by atoms with E-state index in [1.807, 2.05) is 0 Å². The number of halogens is 2. The van der Waals surface area contributed by atoms with E-state index in [0.717, 1.165) is 22.7 Å². The van der Waals surface area contributed by atoms with E-state index in [1.54, 1.807) is 12.1 Å². The first-order chi connectivity index (χ1) is 13.7. The number of nitrogens with zero attached hydrogens (tertiary/aromatic N) is 2. The number of hydrazone groups is 1. The van der Waals surface area contributed by atoms with Crippen LogP contribution < -0.4 is 19.2 Å². The molecule has 0 atom stereocenters. The van der Waals surface area contributed by atoms with Crippen molar-refractivity contribution in [3.8, 4) is 11.5 Å². The highest BCUT2D eigenvalue weighted by molar-refractivity contribution is 9.10. The Morgan fingerprint density at radius 2 is 1.90 bits per heavy atom. The average Bonchev–Trinajstić information content (AvgIpc) is 2.65. The number of carbonyl (C=O) groups excluding carboxylic acids is 1. The molecule has 0 bridgehead atoms. The molecular weight excluding hydrogens is 469 g/mol. The molecule has 2 rings (SSSR count). The van der Waals surface area contributed by atoms with Crippen molar-refractivity contribution in [3.63, 3.8) is 0 Å². The van der Waals surface area contributed by atoms with E-state index in [1.165, 1.54) is 32.6 Å². The molecule has 0 saturated heterocycles. The number of ether oxygens (including phenoxy) is 2. The van der Waals surface area contributed by atoms with Crippen LogP contribution in [0.25, 0.3) is 0 Å². The van der Waals surface area contributed by atoms with Crippen molar-refractivity contribution in [2.45, 2.75) is 0 Å². The van der Waals surface area contributed by atoms with Gasteiger partial charge in [0.15, 0.2) is 11.5 Å². The van der Waals surface area contributed by atoms with Crippen molar-refractivity contribution >= 4 is 43.8 Å². The molecule has 0 heterocycles. The summed E-state index contributed by atoms with van der Waals surface area (Å²) in [6.45, 7) is -0.516. The number of sulfonamides is 1. The molecule has 1 amide bonds. The number of methoxy groups -OCH3 is 2. The molecule has 29 heavy (non-hydrogen) atoms. The monoisotopic (exact) mass is 487 g/mol. The summed E-state index contributed by atoms with van der Waals surface area (Å²) < 4.78 is 49.0. The maximum atomic E-state index is 13.1. The van der Waals surface area contributed by atoms with Gasteiger partial charge in [0.05, 0.1) is 36.9 Å². The Kier molecular flexibility index (Phi) is 7.57. The number of anilines is 1. The summed E-state index contributed by atoms with van der Waals surface area (Å²) in [5.74, 6) is -0.209. The van der Waals surface area contributed by atoms with Gasteiger partial charge in [-0.1, -0.05) is 0 Å². The van der Waals surface area contributed by atoms with Gasteiger partial charge in [0.2, 0.25) is 10.0 Å². The fourth-order valence-corrected chi connectivity index (χ4v) is 3.84. The topological polar surface area (TPSA) is 97.3 Å². The first kappa shape index (κ1) is 22.6. The van der Waals surface area contributed by atoms with Crippen molar-refractivity contribution in [1.82, 2.24) is 5.43 Å². The molecule has 0 fully saturated rings. The zero-order valence-electron chi connectivity index (χ0n) is 15.8. The van der Waals surface area contributed by atoms with E-state index in [9.17, 15) is 17.6 Å². The number of hydrogen-bond donors (Lipinski definition) is 1. The number of benzene rings is 2. The van der Waals surface area contributed by atoms with Crippen LogP contribution in [0.4, 0.5) is 10.1 Å². The highest BCUT2D eigenvalue weighted by atomic mass is 79.9. The number of nitrogens with one attached hydrogen (secondary N) is 1. The molecule has 11 heteroatoms. The lowest BCUT2D eigenvalue weighted by Gasteiger charge is -2.21. The van der Waals surface area contributed by atoms with E-state index < -0.39 is 28.3 Å². The van der Waals surface area contributed by atoms with Crippen LogP contribution >= 0.6 is 15.9 Å². The van der Waals surface area contributed by atoms with Crippen molar-refractivity contribution in [3.05, 3.63) is 52.3 Å². The smallest absolute Gasteiger partial charge is 0.260 e. The Balaban J connectivity index is 2.11. The van der Waals surface area contributed by atoms with Crippen molar-refractivity contribution < 1.29 is 27.1 Å². The van der Waals surface area contributed by atoms with Gasteiger partial charge in [0, 0.05) is 0 Å². The molecule has 0 unspecified atom stereocenters. The molecule has 0 aliphatic carbocycles. The van der Waals surface area contributed by atoms with Crippen LogP contribution in [0.1, 0.15) is 5.56 Å². The van der Waals surface area contributed by atoms with Crippen LogP contribution in [0.5, 0.6) is 11.5 Å². The first-order valence-electron chi connectivity index (χ1n) is 8.12. The SMILES string of the molecule is COc1cc(/C=N\NC(=O)CN(c2ccc(F)cc2)S(C)(=O)=O)cc(Br)c1OC. The normalized spacial score (nSPS) is 11.3. The molecule has 0 radical (unpaired) electrons. The first-order valence-corrected chi connectivity index (χ1v) is 10.8. The molecule has 0 aliphatic rings. The molecule has 0 saturated carbocycles. The third-order valence-corrected chi connectivity index (χ3v) is 5.39. The third-order valence-electron chi connectivity index (χ3n) is 3.66. The van der Waals surface area contributed by atoms with Gasteiger partial charge >= 0.3 is 0 Å². The zero-order valence-corrected chi connectivity index (χ0v) is 18.3. The molecule has 2 aromatic carbocycles. The minimum atomic E-state index is -3.76. The fourth-order valence-electron chi connectivity index (χ4n) is 2.36. The predicted octanol–water partition coefficient (Wildman–Crippen LogP) is 2.52. The summed E-state index contributed by atoms with van der Waals surface area (Å²) in [5, 5.41) is 3.83. The summed E-state index contributed by atoms with van der Waals surface area (Å²) in [6.07, 6.45) is 2.32. The van der Waals surface area contributed by atoms with E-state index in [0.29, 0.717) is 21.5 Å². The lowest BCUT2D eigenvalue weighted by Crippen LogP contribution is -2.39. The Morgan fingerprint density at radius 1 is 1.24 bits per heavy atom. The fraction of sp³-hybridized carbons (Fsp3) is 0.222. The average molecular weight is 488 g/mol. The second-order valence-corrected chi connectivity index (χ2v) is 8.54. The van der Waals surface area contributed by atoms with Crippen molar-refractivity contribution in [2.75, 3.05) is 31.3 Å². The molecule has 1 N–H and O–H groups in total. The van der Waals surface area contributed by atoms with Gasteiger partial charge in [0.1, 0.15) is 12.4 Å². The van der Waals surface area contributed by atoms with Gasteiger partial charge in [-0.15, -0.1) is 0 Å². The van der Waals surface area contributed by atoms with Crippen LogP contribution in [0.2, 0.25) is 0 Å². The van der Waals surface area contributed by atoms with Gasteiger partial charge in [-0.3, -0.25) is 9.10 Å². The number of rotatable bonds is 8. The minimum absolute atomic E-state index is 0.164. The molecule has 0 aromatic heterocycles. The highest BCUT2D eigenvalue weighted by Gasteiger charge is 2.20. The van der Waals surface area contributed by atoms with Gasteiger partial charge in [-0.25, -0.2) is 18.2 Å². The maximum Gasteiger partial charge on any atom is 0.260 e. The van der Waals surface area contributed by atoms with Crippen LogP contribution in [-0.4, -0.2) is 47.6 Å². The second kappa shape index (κ2) is 9.70. The summed E-state index contributed by atoms with van der Waals surface area (Å²) in [6, 6.07) is 8.12. The second-order valence-electron chi connectivity index (χ2n) is 5.78. The predicted molar refractivity (Wildman–Crippen MR) is 112 cm³/mol. The molecular formula is C18H19BrFN3O5S. The molecule has 8 nitrogen and oxygen atoms in total. The zero-order chi connectivity index (χ0) is 21.6. The Morgan fingerprint density at radius 3 is 2.45 bits per heavy atom. The lowest BCUT2D eigenvalue weighted by molar-refractivity contribution is -0.119. The molecule has 0 aliphatic heterocycles. The summed E-state index contributed by atoms with van der Waals surface area (Å²) in [5.41, 5.74) is 3.03. The standard InChI is InChI=1S/C18H19BrFN3O5S/c1-27-16-9-12(8-15(19)18(16)28-2)10-21-22-17(24)11-23(29(3,25)26)14-6-4-13(20)5-7-14/h4-10H,11H2,1-3H3,(H,22,24)/b21-10-. The van der Waals surface area contributed by atoms with E-state index in [-0.39, 0.29) is 5.69 Å². The van der Waals surface area contributed by atoms with Gasteiger partial charge < -0.3 is 9.47 Å². The Hall–Kier alpha value is -2.66. The molecule has 156 valence electrons. The van der Waals surface area contributed by atoms with E-state index in [2.05, 4.69) is 26.5 Å². The van der Waals surface area contributed by atoms with Crippen molar-refractivity contribution in [1.29, 1.82) is 0 Å². The largest absolute Gasteiger partial charge is 0.493 e. The highest BCUT2D eigenvalue weighted by Crippen LogP contribution is 2.35.